The second-order valence-corrected chi connectivity index (χ2v) is 5.48. The largest absolute Gasteiger partial charge is 0.316 e. The molecule has 0 radical (unpaired) electrons. The van der Waals surface area contributed by atoms with Crippen LogP contribution in [0.15, 0.2) is 12.4 Å². The summed E-state index contributed by atoms with van der Waals surface area (Å²) in [7, 11) is 0. The zero-order chi connectivity index (χ0) is 11.5. The average Bonchev–Trinajstić information content (AvgIpc) is 3.01. The molecule has 0 spiro atoms. The van der Waals surface area contributed by atoms with Gasteiger partial charge in [0, 0.05) is 18.8 Å². The molecule has 17 heavy (non-hydrogen) atoms. The zero-order valence-corrected chi connectivity index (χ0v) is 10.4. The van der Waals surface area contributed by atoms with E-state index in [1.165, 1.54) is 37.7 Å². The second-order valence-electron chi connectivity index (χ2n) is 5.48. The first-order chi connectivity index (χ1) is 8.42. The smallest absolute Gasteiger partial charge is 0.128 e. The average molecular weight is 231 g/mol. The van der Waals surface area contributed by atoms with Crippen molar-refractivity contribution in [1.82, 2.24) is 15.3 Å². The van der Waals surface area contributed by atoms with Crippen LogP contribution in [-0.4, -0.2) is 23.1 Å². The lowest BCUT2D eigenvalue weighted by Crippen LogP contribution is -2.12. The first-order valence-electron chi connectivity index (χ1n) is 6.93. The van der Waals surface area contributed by atoms with Crippen LogP contribution in [0.1, 0.15) is 49.4 Å². The summed E-state index contributed by atoms with van der Waals surface area (Å²) < 4.78 is 0. The predicted molar refractivity (Wildman–Crippen MR) is 67.9 cm³/mol. The molecule has 2 heterocycles. The van der Waals surface area contributed by atoms with Crippen LogP contribution in [0.25, 0.3) is 0 Å². The van der Waals surface area contributed by atoms with E-state index in [0.717, 1.165) is 37.2 Å². The number of hydrogen-bond acceptors (Lipinski definition) is 3. The Kier molecular flexibility index (Phi) is 3.36. The Balaban J connectivity index is 1.62. The van der Waals surface area contributed by atoms with Crippen LogP contribution in [0.4, 0.5) is 0 Å². The van der Waals surface area contributed by atoms with E-state index < -0.39 is 0 Å². The van der Waals surface area contributed by atoms with Gasteiger partial charge < -0.3 is 5.32 Å². The van der Waals surface area contributed by atoms with Gasteiger partial charge in [-0.1, -0.05) is 12.8 Å². The van der Waals surface area contributed by atoms with Gasteiger partial charge in [0.05, 0.1) is 0 Å². The van der Waals surface area contributed by atoms with Gasteiger partial charge in [0.25, 0.3) is 0 Å². The van der Waals surface area contributed by atoms with Gasteiger partial charge in [0.15, 0.2) is 0 Å². The first-order valence-corrected chi connectivity index (χ1v) is 6.93. The molecule has 0 amide bonds. The van der Waals surface area contributed by atoms with E-state index >= 15 is 0 Å². The minimum atomic E-state index is 0.734. The van der Waals surface area contributed by atoms with Gasteiger partial charge in [0.1, 0.15) is 5.82 Å². The van der Waals surface area contributed by atoms with Gasteiger partial charge in [-0.25, -0.2) is 9.97 Å². The summed E-state index contributed by atoms with van der Waals surface area (Å²) >= 11 is 0. The van der Waals surface area contributed by atoms with Gasteiger partial charge in [-0.3, -0.25) is 0 Å². The lowest BCUT2D eigenvalue weighted by Gasteiger charge is -2.10. The summed E-state index contributed by atoms with van der Waals surface area (Å²) in [5.41, 5.74) is 1.36. The van der Waals surface area contributed by atoms with Gasteiger partial charge in [-0.15, -0.1) is 0 Å². The molecular weight excluding hydrogens is 210 g/mol. The van der Waals surface area contributed by atoms with E-state index in [1.54, 1.807) is 0 Å². The van der Waals surface area contributed by atoms with Gasteiger partial charge in [0.2, 0.25) is 0 Å². The van der Waals surface area contributed by atoms with Crippen molar-refractivity contribution >= 4 is 0 Å². The SMILES string of the molecule is c1nc(CC2CCNC2)ncc1C1CCCC1. The fourth-order valence-electron chi connectivity index (χ4n) is 3.09. The molecule has 1 aliphatic carbocycles. The van der Waals surface area contributed by atoms with Crippen LogP contribution >= 0.6 is 0 Å². The number of rotatable bonds is 3. The molecule has 3 nitrogen and oxygen atoms in total. The van der Waals surface area contributed by atoms with Crippen molar-refractivity contribution in [2.45, 2.75) is 44.4 Å². The van der Waals surface area contributed by atoms with Crippen molar-refractivity contribution in [3.63, 3.8) is 0 Å². The van der Waals surface area contributed by atoms with Crippen LogP contribution in [0.5, 0.6) is 0 Å². The number of aromatic nitrogens is 2. The van der Waals surface area contributed by atoms with Crippen LogP contribution < -0.4 is 5.32 Å². The Labute approximate surface area is 103 Å². The zero-order valence-electron chi connectivity index (χ0n) is 10.4. The van der Waals surface area contributed by atoms with Crippen LogP contribution in [0, 0.1) is 5.92 Å². The maximum atomic E-state index is 4.55. The monoisotopic (exact) mass is 231 g/mol. The highest BCUT2D eigenvalue weighted by Gasteiger charge is 2.19. The summed E-state index contributed by atoms with van der Waals surface area (Å²) in [6.07, 6.45) is 11.9. The molecule has 3 rings (SSSR count). The minimum absolute atomic E-state index is 0.734. The van der Waals surface area contributed by atoms with Crippen molar-refractivity contribution in [2.24, 2.45) is 5.92 Å². The molecule has 0 aromatic carbocycles. The quantitative estimate of drug-likeness (QED) is 0.867. The van der Waals surface area contributed by atoms with E-state index in [-0.39, 0.29) is 0 Å². The van der Waals surface area contributed by atoms with Crippen molar-refractivity contribution in [2.75, 3.05) is 13.1 Å². The van der Waals surface area contributed by atoms with E-state index in [1.807, 2.05) is 0 Å². The normalized spacial score (nSPS) is 25.5. The highest BCUT2D eigenvalue weighted by atomic mass is 14.9. The molecule has 1 unspecified atom stereocenters. The van der Waals surface area contributed by atoms with E-state index in [4.69, 9.17) is 0 Å². The third kappa shape index (κ3) is 2.65. The summed E-state index contributed by atoms with van der Waals surface area (Å²) in [5.74, 6) is 2.50. The Morgan fingerprint density at radius 1 is 1.12 bits per heavy atom. The lowest BCUT2D eigenvalue weighted by molar-refractivity contribution is 0.559. The Morgan fingerprint density at radius 2 is 1.88 bits per heavy atom. The number of nitrogens with one attached hydrogen (secondary N) is 1. The molecule has 1 N–H and O–H groups in total. The first kappa shape index (κ1) is 11.1. The Bertz CT molecular complexity index is 348. The fraction of sp³-hybridized carbons (Fsp3) is 0.714. The van der Waals surface area contributed by atoms with Crippen LogP contribution in [0.3, 0.4) is 0 Å². The van der Waals surface area contributed by atoms with Gasteiger partial charge >= 0.3 is 0 Å². The molecule has 1 saturated heterocycles. The minimum Gasteiger partial charge on any atom is -0.316 e. The lowest BCUT2D eigenvalue weighted by atomic mass is 10.0. The number of hydrogen-bond donors (Lipinski definition) is 1. The maximum absolute atomic E-state index is 4.55. The Hall–Kier alpha value is -0.960. The van der Waals surface area contributed by atoms with E-state index in [9.17, 15) is 0 Å². The molecular formula is C14H21N3. The summed E-state index contributed by atoms with van der Waals surface area (Å²) in [4.78, 5) is 9.10. The standard InChI is InChI=1S/C14H21N3/c1-2-4-12(3-1)13-9-16-14(17-10-13)7-11-5-6-15-8-11/h9-12,15H,1-8H2. The van der Waals surface area contributed by atoms with Crippen LogP contribution in [0.2, 0.25) is 0 Å². The summed E-state index contributed by atoms with van der Waals surface area (Å²) in [6.45, 7) is 2.29. The van der Waals surface area contributed by atoms with Crippen molar-refractivity contribution < 1.29 is 0 Å². The fourth-order valence-corrected chi connectivity index (χ4v) is 3.09. The highest BCUT2D eigenvalue weighted by Crippen LogP contribution is 2.33. The van der Waals surface area contributed by atoms with Gasteiger partial charge in [-0.2, -0.15) is 0 Å². The second kappa shape index (κ2) is 5.13. The maximum Gasteiger partial charge on any atom is 0.128 e. The van der Waals surface area contributed by atoms with Crippen molar-refractivity contribution in [3.05, 3.63) is 23.8 Å². The van der Waals surface area contributed by atoms with Gasteiger partial charge in [-0.05, 0) is 49.8 Å². The third-order valence-corrected chi connectivity index (χ3v) is 4.19. The Morgan fingerprint density at radius 3 is 2.53 bits per heavy atom. The van der Waals surface area contributed by atoms with Crippen molar-refractivity contribution in [1.29, 1.82) is 0 Å². The van der Waals surface area contributed by atoms with E-state index in [2.05, 4.69) is 27.7 Å². The van der Waals surface area contributed by atoms with E-state index in [0.29, 0.717) is 0 Å². The highest BCUT2D eigenvalue weighted by molar-refractivity contribution is 5.13. The molecule has 92 valence electrons. The molecule has 2 fully saturated rings. The molecule has 0 bridgehead atoms. The third-order valence-electron chi connectivity index (χ3n) is 4.19. The summed E-state index contributed by atoms with van der Waals surface area (Å²) in [6, 6.07) is 0. The topological polar surface area (TPSA) is 37.8 Å². The van der Waals surface area contributed by atoms with Crippen molar-refractivity contribution in [3.8, 4) is 0 Å². The predicted octanol–water partition coefficient (Wildman–Crippen LogP) is 2.29. The molecule has 3 heteroatoms. The molecule has 1 aliphatic heterocycles. The molecule has 1 saturated carbocycles. The molecule has 2 aliphatic rings. The number of nitrogens with zero attached hydrogens (tertiary/aromatic N) is 2. The van der Waals surface area contributed by atoms with Crippen LogP contribution in [-0.2, 0) is 6.42 Å². The molecule has 1 atom stereocenters. The molecule has 1 aromatic heterocycles. The molecule has 1 aromatic rings. The summed E-state index contributed by atoms with van der Waals surface area (Å²) in [5, 5.41) is 3.39.